The van der Waals surface area contributed by atoms with Crippen LogP contribution in [0, 0.1) is 19.8 Å². The van der Waals surface area contributed by atoms with Gasteiger partial charge in [-0.1, -0.05) is 18.2 Å². The van der Waals surface area contributed by atoms with Crippen molar-refractivity contribution in [2.45, 2.75) is 82.3 Å². The van der Waals surface area contributed by atoms with Crippen molar-refractivity contribution in [3.8, 4) is 0 Å². The van der Waals surface area contributed by atoms with Gasteiger partial charge in [0.25, 0.3) is 17.4 Å². The van der Waals surface area contributed by atoms with Crippen LogP contribution in [-0.4, -0.2) is 51.7 Å². The maximum atomic E-state index is 13.8. The maximum Gasteiger partial charge on any atom is 0.261 e. The molecule has 1 aliphatic heterocycles. The van der Waals surface area contributed by atoms with Crippen LogP contribution < -0.4 is 10.9 Å². The van der Waals surface area contributed by atoms with Gasteiger partial charge in [-0.15, -0.1) is 11.8 Å². The van der Waals surface area contributed by atoms with E-state index in [1.165, 1.54) is 11.8 Å². The van der Waals surface area contributed by atoms with E-state index in [-0.39, 0.29) is 43.1 Å². The lowest BCUT2D eigenvalue weighted by Gasteiger charge is -2.37. The predicted molar refractivity (Wildman–Crippen MR) is 153 cm³/mol. The summed E-state index contributed by atoms with van der Waals surface area (Å²) in [5.41, 5.74) is 3.74. The average Bonchev–Trinajstić information content (AvgIpc) is 3.42. The normalized spacial score (nSPS) is 22.3. The second-order valence-corrected chi connectivity index (χ2v) is 12.1. The number of H-pyrrole nitrogens is 1. The minimum atomic E-state index is -2.55. The summed E-state index contributed by atoms with van der Waals surface area (Å²) in [7, 11) is 0. The van der Waals surface area contributed by atoms with Gasteiger partial charge in [0.2, 0.25) is 0 Å². The number of hydrogen-bond acceptors (Lipinski definition) is 4. The minimum absolute atomic E-state index is 0.0282. The highest BCUT2D eigenvalue weighted by molar-refractivity contribution is 7.98. The zero-order valence-electron chi connectivity index (χ0n) is 23.2. The summed E-state index contributed by atoms with van der Waals surface area (Å²) in [5.74, 6) is -2.34. The van der Waals surface area contributed by atoms with Crippen molar-refractivity contribution in [1.29, 1.82) is 0 Å². The van der Waals surface area contributed by atoms with E-state index in [0.717, 1.165) is 52.9 Å². The summed E-state index contributed by atoms with van der Waals surface area (Å²) in [6.07, 6.45) is 5.72. The second-order valence-electron chi connectivity index (χ2n) is 11.2. The van der Waals surface area contributed by atoms with E-state index >= 15 is 0 Å². The standard InChI is InChI=1S/C30H38F2N4O2S/c1-18-15-26(39-4)24(28(37)34-18)16-33-29(38)27-20(3)36(25-8-6-5-7-23(25)27)19(2)21-9-11-22(12-10-21)35-14-13-30(31,32)17-35/h5-8,15,19,21-22H,9-14,16-17H2,1-4H3,(H,33,38)(H,34,37). The third-order valence-electron chi connectivity index (χ3n) is 8.81. The number of aromatic amines is 1. The molecule has 6 nitrogen and oxygen atoms in total. The van der Waals surface area contributed by atoms with Crippen molar-refractivity contribution in [2.24, 2.45) is 5.92 Å². The van der Waals surface area contributed by atoms with Gasteiger partial charge in [0.15, 0.2) is 0 Å². The number of likely N-dealkylation sites (tertiary alicyclic amines) is 1. The summed E-state index contributed by atoms with van der Waals surface area (Å²) in [5, 5.41) is 3.90. The number of rotatable bonds is 7. The number of halogens is 2. The van der Waals surface area contributed by atoms with Gasteiger partial charge in [0.1, 0.15) is 0 Å². The van der Waals surface area contributed by atoms with Crippen LogP contribution in [0.5, 0.6) is 0 Å². The molecule has 0 spiro atoms. The summed E-state index contributed by atoms with van der Waals surface area (Å²) in [6.45, 7) is 6.59. The third kappa shape index (κ3) is 5.53. The molecule has 2 N–H and O–H groups in total. The topological polar surface area (TPSA) is 70.1 Å². The van der Waals surface area contributed by atoms with E-state index < -0.39 is 5.92 Å². The number of alkyl halides is 2. The molecule has 1 saturated carbocycles. The van der Waals surface area contributed by atoms with E-state index in [0.29, 0.717) is 23.6 Å². The van der Waals surface area contributed by atoms with Crippen LogP contribution in [0.25, 0.3) is 10.9 Å². The number of benzene rings is 1. The molecule has 1 aromatic carbocycles. The quantitative estimate of drug-likeness (QED) is 0.347. The molecule has 2 aromatic heterocycles. The molecular formula is C30H38F2N4O2S. The molecule has 1 aliphatic carbocycles. The molecule has 1 unspecified atom stereocenters. The molecule has 210 valence electrons. The number of para-hydroxylation sites is 1. The first-order chi connectivity index (χ1) is 18.6. The number of aromatic nitrogens is 2. The number of carbonyl (C=O) groups is 1. The predicted octanol–water partition coefficient (Wildman–Crippen LogP) is 6.06. The Labute approximate surface area is 232 Å². The maximum absolute atomic E-state index is 13.8. The van der Waals surface area contributed by atoms with Crippen molar-refractivity contribution >= 4 is 28.6 Å². The summed E-state index contributed by atoms with van der Waals surface area (Å²) < 4.78 is 29.8. The molecule has 2 aliphatic rings. The number of aryl methyl sites for hydroxylation is 1. The van der Waals surface area contributed by atoms with Crippen molar-refractivity contribution in [2.75, 3.05) is 19.3 Å². The van der Waals surface area contributed by atoms with Crippen molar-refractivity contribution < 1.29 is 13.6 Å². The van der Waals surface area contributed by atoms with Crippen LogP contribution in [0.15, 0.2) is 40.0 Å². The molecule has 2 fully saturated rings. The molecule has 1 amide bonds. The van der Waals surface area contributed by atoms with Crippen LogP contribution in [0.4, 0.5) is 8.78 Å². The van der Waals surface area contributed by atoms with Gasteiger partial charge >= 0.3 is 0 Å². The number of carbonyl (C=O) groups excluding carboxylic acids is 1. The fraction of sp³-hybridized carbons (Fsp3) is 0.533. The molecule has 3 aromatic rings. The minimum Gasteiger partial charge on any atom is -0.348 e. The zero-order chi connectivity index (χ0) is 27.9. The van der Waals surface area contributed by atoms with Crippen LogP contribution in [0.1, 0.15) is 72.4 Å². The van der Waals surface area contributed by atoms with E-state index in [1.807, 2.05) is 49.3 Å². The molecule has 0 bridgehead atoms. The SMILES string of the molecule is CSc1cc(C)[nH]c(=O)c1CNC(=O)c1c(C)n(C(C)C2CCC(N3CCC(F)(F)C3)CC2)c2ccccc12. The van der Waals surface area contributed by atoms with Gasteiger partial charge in [-0.25, -0.2) is 8.78 Å². The van der Waals surface area contributed by atoms with Crippen molar-refractivity contribution in [1.82, 2.24) is 19.8 Å². The van der Waals surface area contributed by atoms with E-state index in [2.05, 4.69) is 27.9 Å². The highest BCUT2D eigenvalue weighted by Crippen LogP contribution is 2.40. The highest BCUT2D eigenvalue weighted by Gasteiger charge is 2.42. The molecule has 0 radical (unpaired) electrons. The van der Waals surface area contributed by atoms with E-state index in [9.17, 15) is 18.4 Å². The Morgan fingerprint density at radius 2 is 1.92 bits per heavy atom. The van der Waals surface area contributed by atoms with Gasteiger partial charge in [-0.2, -0.15) is 0 Å². The Bertz CT molecular complexity index is 1420. The lowest BCUT2D eigenvalue weighted by Crippen LogP contribution is -2.39. The van der Waals surface area contributed by atoms with Gasteiger partial charge in [-0.3, -0.25) is 14.5 Å². The van der Waals surface area contributed by atoms with Crippen LogP contribution in [0.3, 0.4) is 0 Å². The number of amides is 1. The third-order valence-corrected chi connectivity index (χ3v) is 9.61. The Hall–Kier alpha value is -2.65. The largest absolute Gasteiger partial charge is 0.348 e. The van der Waals surface area contributed by atoms with E-state index in [1.54, 1.807) is 0 Å². The Balaban J connectivity index is 1.35. The first kappa shape index (κ1) is 27.9. The van der Waals surface area contributed by atoms with Crippen molar-refractivity contribution in [3.05, 3.63) is 63.2 Å². The van der Waals surface area contributed by atoms with Gasteiger partial charge in [-0.05, 0) is 70.8 Å². The van der Waals surface area contributed by atoms with Gasteiger partial charge in [0.05, 0.1) is 12.1 Å². The monoisotopic (exact) mass is 556 g/mol. The van der Waals surface area contributed by atoms with Crippen LogP contribution >= 0.6 is 11.8 Å². The summed E-state index contributed by atoms with van der Waals surface area (Å²) >= 11 is 1.49. The van der Waals surface area contributed by atoms with Gasteiger partial charge in [0, 0.05) is 64.3 Å². The number of thioether (sulfide) groups is 1. The number of nitrogens with zero attached hydrogens (tertiary/aromatic N) is 2. The average molecular weight is 557 g/mol. The first-order valence-electron chi connectivity index (χ1n) is 13.9. The van der Waals surface area contributed by atoms with E-state index in [4.69, 9.17) is 0 Å². The highest BCUT2D eigenvalue weighted by atomic mass is 32.2. The van der Waals surface area contributed by atoms with Crippen LogP contribution in [0.2, 0.25) is 0 Å². The molecule has 39 heavy (non-hydrogen) atoms. The Morgan fingerprint density at radius 3 is 2.59 bits per heavy atom. The Kier molecular flexibility index (Phi) is 7.93. The zero-order valence-corrected chi connectivity index (χ0v) is 24.0. The lowest BCUT2D eigenvalue weighted by molar-refractivity contribution is 0.00392. The number of pyridine rings is 1. The molecule has 3 heterocycles. The Morgan fingerprint density at radius 1 is 1.21 bits per heavy atom. The number of fused-ring (bicyclic) bond motifs is 1. The molecule has 1 saturated heterocycles. The number of nitrogens with one attached hydrogen (secondary N) is 2. The second kappa shape index (κ2) is 11.1. The first-order valence-corrected chi connectivity index (χ1v) is 15.1. The van der Waals surface area contributed by atoms with Gasteiger partial charge < -0.3 is 14.9 Å². The molecular weight excluding hydrogens is 518 g/mol. The molecule has 5 rings (SSSR count). The van der Waals surface area contributed by atoms with Crippen molar-refractivity contribution in [3.63, 3.8) is 0 Å². The lowest BCUT2D eigenvalue weighted by atomic mass is 9.81. The fourth-order valence-electron chi connectivity index (χ4n) is 6.73. The van der Waals surface area contributed by atoms with Crippen LogP contribution in [-0.2, 0) is 6.54 Å². The fourth-order valence-corrected chi connectivity index (χ4v) is 7.44. The summed E-state index contributed by atoms with van der Waals surface area (Å²) in [6, 6.07) is 10.3. The molecule has 1 atom stereocenters. The number of hydrogen-bond donors (Lipinski definition) is 2. The smallest absolute Gasteiger partial charge is 0.261 e. The summed E-state index contributed by atoms with van der Waals surface area (Å²) in [4.78, 5) is 31.8. The molecule has 9 heteroatoms.